The molecule has 2 saturated heterocycles. The van der Waals surface area contributed by atoms with Gasteiger partial charge < -0.3 is 15.0 Å². The van der Waals surface area contributed by atoms with Gasteiger partial charge in [-0.05, 0) is 46.0 Å². The van der Waals surface area contributed by atoms with Gasteiger partial charge in [0.15, 0.2) is 0 Å². The Balaban J connectivity index is 1.99. The molecule has 1 amide bonds. The summed E-state index contributed by atoms with van der Waals surface area (Å²) in [6.07, 6.45) is 7.32. The average Bonchev–Trinajstić information content (AvgIpc) is 2.73. The topological polar surface area (TPSA) is 41.6 Å². The summed E-state index contributed by atoms with van der Waals surface area (Å²) < 4.78 is 5.58. The van der Waals surface area contributed by atoms with E-state index < -0.39 is 5.60 Å². The molecule has 2 rings (SSSR count). The molecule has 0 spiro atoms. The summed E-state index contributed by atoms with van der Waals surface area (Å²) in [5.41, 5.74) is -0.311. The Morgan fingerprint density at radius 3 is 2.77 bits per heavy atom. The maximum atomic E-state index is 12.4. The molecule has 0 radical (unpaired) electrons. The van der Waals surface area contributed by atoms with Crippen molar-refractivity contribution in [2.75, 3.05) is 13.1 Å². The number of rotatable bonds is 5. The summed E-state index contributed by atoms with van der Waals surface area (Å²) in [5, 5.41) is 3.83. The number of nitrogens with one attached hydrogen (secondary N) is 1. The number of fused-ring (bicyclic) bond motifs is 2. The van der Waals surface area contributed by atoms with Crippen LogP contribution in [0.2, 0.25) is 0 Å². The van der Waals surface area contributed by atoms with E-state index in [1.54, 1.807) is 0 Å². The Bertz CT molecular complexity index is 391. The lowest BCUT2D eigenvalue weighted by atomic mass is 9.80. The molecule has 2 aliphatic rings. The first-order valence-corrected chi connectivity index (χ1v) is 9.01. The van der Waals surface area contributed by atoms with Crippen molar-refractivity contribution in [1.82, 2.24) is 10.2 Å². The van der Waals surface area contributed by atoms with Crippen LogP contribution in [0.25, 0.3) is 0 Å². The number of hydrogen-bond donors (Lipinski definition) is 1. The number of likely N-dealkylation sites (tertiary alicyclic amines) is 1. The van der Waals surface area contributed by atoms with Crippen LogP contribution in [0.1, 0.15) is 73.1 Å². The molecular weight excluding hydrogens is 276 g/mol. The van der Waals surface area contributed by atoms with E-state index in [2.05, 4.69) is 19.2 Å². The van der Waals surface area contributed by atoms with Gasteiger partial charge in [0.1, 0.15) is 5.60 Å². The molecule has 0 saturated carbocycles. The highest BCUT2D eigenvalue weighted by atomic mass is 16.6. The third-order valence-corrected chi connectivity index (χ3v) is 5.18. The summed E-state index contributed by atoms with van der Waals surface area (Å²) in [6.45, 7) is 12.0. The van der Waals surface area contributed by atoms with Gasteiger partial charge in [-0.15, -0.1) is 0 Å². The maximum Gasteiger partial charge on any atom is 0.410 e. The van der Waals surface area contributed by atoms with Gasteiger partial charge >= 0.3 is 6.09 Å². The normalized spacial score (nSPS) is 29.5. The number of piperazine rings is 1. The first-order chi connectivity index (χ1) is 10.3. The molecule has 0 aromatic heterocycles. The Morgan fingerprint density at radius 2 is 2.14 bits per heavy atom. The van der Waals surface area contributed by atoms with Gasteiger partial charge in [0.25, 0.3) is 0 Å². The van der Waals surface area contributed by atoms with E-state index in [9.17, 15) is 4.79 Å². The SMILES string of the molecule is CCCCCC(C)C12CCC(CN(C(=O)OC(C)(C)C)C1)N2. The van der Waals surface area contributed by atoms with Gasteiger partial charge in [-0.1, -0.05) is 33.1 Å². The predicted octanol–water partition coefficient (Wildman–Crippen LogP) is 3.94. The molecule has 4 nitrogen and oxygen atoms in total. The van der Waals surface area contributed by atoms with Gasteiger partial charge in [-0.3, -0.25) is 0 Å². The van der Waals surface area contributed by atoms with Crippen LogP contribution >= 0.6 is 0 Å². The third kappa shape index (κ3) is 4.15. The molecule has 3 atom stereocenters. The molecule has 2 fully saturated rings. The first kappa shape index (κ1) is 17.6. The van der Waals surface area contributed by atoms with Crippen molar-refractivity contribution in [2.45, 2.75) is 90.3 Å². The van der Waals surface area contributed by atoms with Crippen molar-refractivity contribution in [3.63, 3.8) is 0 Å². The number of amides is 1. The van der Waals surface area contributed by atoms with Crippen molar-refractivity contribution in [3.8, 4) is 0 Å². The standard InChI is InChI=1S/C18H34N2O2/c1-6-7-8-9-14(2)18-11-10-15(19-18)12-20(13-18)16(21)22-17(3,4)5/h14-15,19H,6-13H2,1-5H3. The van der Waals surface area contributed by atoms with Crippen LogP contribution in [0.15, 0.2) is 0 Å². The number of carbonyl (C=O) groups excluding carboxylic acids is 1. The second kappa shape index (κ2) is 6.77. The zero-order chi connectivity index (χ0) is 16.4. The Kier molecular flexibility index (Phi) is 5.41. The zero-order valence-corrected chi connectivity index (χ0v) is 15.1. The molecule has 1 N–H and O–H groups in total. The van der Waals surface area contributed by atoms with Crippen LogP contribution < -0.4 is 5.32 Å². The Labute approximate surface area is 136 Å². The lowest BCUT2D eigenvalue weighted by Gasteiger charge is -2.45. The van der Waals surface area contributed by atoms with E-state index >= 15 is 0 Å². The largest absolute Gasteiger partial charge is 0.444 e. The van der Waals surface area contributed by atoms with Crippen LogP contribution in [0, 0.1) is 5.92 Å². The summed E-state index contributed by atoms with van der Waals surface area (Å²) >= 11 is 0. The Hall–Kier alpha value is -0.770. The molecular formula is C18H34N2O2. The van der Waals surface area contributed by atoms with Crippen LogP contribution in [-0.2, 0) is 4.74 Å². The average molecular weight is 310 g/mol. The highest BCUT2D eigenvalue weighted by Crippen LogP contribution is 2.38. The van der Waals surface area contributed by atoms with Crippen LogP contribution in [0.3, 0.4) is 0 Å². The summed E-state index contributed by atoms with van der Waals surface area (Å²) in [4.78, 5) is 14.4. The van der Waals surface area contributed by atoms with Gasteiger partial charge in [-0.2, -0.15) is 0 Å². The fourth-order valence-electron chi connectivity index (χ4n) is 3.90. The van der Waals surface area contributed by atoms with Crippen LogP contribution in [0.5, 0.6) is 0 Å². The number of ether oxygens (including phenoxy) is 1. The Morgan fingerprint density at radius 1 is 1.41 bits per heavy atom. The molecule has 22 heavy (non-hydrogen) atoms. The minimum absolute atomic E-state index is 0.105. The monoisotopic (exact) mass is 310 g/mol. The molecule has 3 unspecified atom stereocenters. The van der Waals surface area contributed by atoms with E-state index in [-0.39, 0.29) is 11.6 Å². The van der Waals surface area contributed by atoms with E-state index in [1.165, 1.54) is 38.5 Å². The quantitative estimate of drug-likeness (QED) is 0.782. The van der Waals surface area contributed by atoms with E-state index in [1.807, 2.05) is 25.7 Å². The maximum absolute atomic E-state index is 12.4. The molecule has 0 aromatic rings. The minimum Gasteiger partial charge on any atom is -0.444 e. The van der Waals surface area contributed by atoms with E-state index in [4.69, 9.17) is 4.74 Å². The molecule has 2 bridgehead atoms. The molecule has 4 heteroatoms. The lowest BCUT2D eigenvalue weighted by Crippen LogP contribution is -2.63. The van der Waals surface area contributed by atoms with Gasteiger partial charge in [0.05, 0.1) is 0 Å². The lowest BCUT2D eigenvalue weighted by molar-refractivity contribution is 0.00730. The number of hydrogen-bond acceptors (Lipinski definition) is 3. The smallest absolute Gasteiger partial charge is 0.410 e. The minimum atomic E-state index is -0.416. The summed E-state index contributed by atoms with van der Waals surface area (Å²) in [7, 11) is 0. The van der Waals surface area contributed by atoms with Gasteiger partial charge in [0.2, 0.25) is 0 Å². The summed E-state index contributed by atoms with van der Waals surface area (Å²) in [6, 6.07) is 0.440. The fraction of sp³-hybridized carbons (Fsp3) is 0.944. The van der Waals surface area contributed by atoms with Gasteiger partial charge in [0, 0.05) is 24.7 Å². The highest BCUT2D eigenvalue weighted by molar-refractivity contribution is 5.68. The molecule has 0 aromatic carbocycles. The molecule has 2 aliphatic heterocycles. The second-order valence-corrected chi connectivity index (χ2v) is 8.29. The molecule has 2 heterocycles. The van der Waals surface area contributed by atoms with Crippen molar-refractivity contribution < 1.29 is 9.53 Å². The van der Waals surface area contributed by atoms with E-state index in [0.29, 0.717) is 12.0 Å². The number of nitrogens with zero attached hydrogens (tertiary/aromatic N) is 1. The predicted molar refractivity (Wildman–Crippen MR) is 90.0 cm³/mol. The van der Waals surface area contributed by atoms with Crippen molar-refractivity contribution >= 4 is 6.09 Å². The van der Waals surface area contributed by atoms with Crippen LogP contribution in [0.4, 0.5) is 4.79 Å². The zero-order valence-electron chi connectivity index (χ0n) is 15.1. The van der Waals surface area contributed by atoms with Crippen LogP contribution in [-0.4, -0.2) is 41.3 Å². The highest BCUT2D eigenvalue weighted by Gasteiger charge is 2.49. The van der Waals surface area contributed by atoms with Crippen molar-refractivity contribution in [1.29, 1.82) is 0 Å². The molecule has 128 valence electrons. The number of carbonyl (C=O) groups is 1. The third-order valence-electron chi connectivity index (χ3n) is 5.18. The first-order valence-electron chi connectivity index (χ1n) is 9.01. The van der Waals surface area contributed by atoms with Crippen molar-refractivity contribution in [2.24, 2.45) is 5.92 Å². The fourth-order valence-corrected chi connectivity index (χ4v) is 3.90. The number of unbranched alkanes of at least 4 members (excludes halogenated alkanes) is 2. The summed E-state index contributed by atoms with van der Waals surface area (Å²) in [5.74, 6) is 0.606. The van der Waals surface area contributed by atoms with Gasteiger partial charge in [-0.25, -0.2) is 4.79 Å². The second-order valence-electron chi connectivity index (χ2n) is 8.29. The van der Waals surface area contributed by atoms with Crippen molar-refractivity contribution in [3.05, 3.63) is 0 Å². The van der Waals surface area contributed by atoms with E-state index in [0.717, 1.165) is 13.1 Å². The molecule has 0 aliphatic carbocycles.